The summed E-state index contributed by atoms with van der Waals surface area (Å²) in [6, 6.07) is 17.2. The monoisotopic (exact) mass is 408 g/mol. The van der Waals surface area contributed by atoms with E-state index in [9.17, 15) is 9.59 Å². The van der Waals surface area contributed by atoms with Gasteiger partial charge in [0.05, 0.1) is 22.7 Å². The number of hydrogen-bond donors (Lipinski definition) is 1. The van der Waals surface area contributed by atoms with E-state index in [1.165, 1.54) is 16.5 Å². The van der Waals surface area contributed by atoms with Crippen LogP contribution in [-0.4, -0.2) is 26.9 Å². The number of aromatic nitrogens is 2. The van der Waals surface area contributed by atoms with E-state index in [0.717, 1.165) is 18.8 Å². The van der Waals surface area contributed by atoms with E-state index in [-0.39, 0.29) is 18.0 Å². The number of nitrogens with one attached hydrogen (secondary N) is 1. The predicted octanol–water partition coefficient (Wildman–Crippen LogP) is 3.09. The van der Waals surface area contributed by atoms with Gasteiger partial charge in [0.15, 0.2) is 0 Å². The highest BCUT2D eigenvalue weighted by atomic mass is 35.5. The van der Waals surface area contributed by atoms with Crippen molar-refractivity contribution in [2.24, 2.45) is 0 Å². The van der Waals surface area contributed by atoms with Gasteiger partial charge < -0.3 is 5.32 Å². The minimum atomic E-state index is -0.316. The molecule has 0 unspecified atom stereocenters. The summed E-state index contributed by atoms with van der Waals surface area (Å²) in [5.41, 5.74) is 3.10. The zero-order chi connectivity index (χ0) is 20.2. The van der Waals surface area contributed by atoms with Crippen LogP contribution in [0.5, 0.6) is 0 Å². The van der Waals surface area contributed by atoms with E-state index in [0.29, 0.717) is 29.2 Å². The summed E-state index contributed by atoms with van der Waals surface area (Å²) < 4.78 is 1.36. The number of halogens is 1. The van der Waals surface area contributed by atoms with E-state index in [4.69, 9.17) is 11.6 Å². The Morgan fingerprint density at radius 2 is 1.86 bits per heavy atom. The molecule has 3 aromatic rings. The molecule has 1 amide bonds. The highest BCUT2D eigenvalue weighted by Crippen LogP contribution is 2.20. The molecule has 0 radical (unpaired) electrons. The normalized spacial score (nSPS) is 13.7. The Kier molecular flexibility index (Phi) is 5.74. The zero-order valence-electron chi connectivity index (χ0n) is 15.8. The molecule has 29 heavy (non-hydrogen) atoms. The van der Waals surface area contributed by atoms with Gasteiger partial charge in [-0.2, -0.15) is 0 Å². The SMILES string of the molecule is O=C(Cn1cnc2c(c1=O)CCN(Cc1ccccc1)C2)Nc1ccccc1Cl. The van der Waals surface area contributed by atoms with Gasteiger partial charge in [0.1, 0.15) is 6.54 Å². The second-order valence-corrected chi connectivity index (χ2v) is 7.48. The van der Waals surface area contributed by atoms with Crippen molar-refractivity contribution in [2.75, 3.05) is 11.9 Å². The lowest BCUT2D eigenvalue weighted by atomic mass is 10.1. The fourth-order valence-corrected chi connectivity index (χ4v) is 3.69. The molecular formula is C22H21ClN4O2. The Bertz CT molecular complexity index is 1080. The Morgan fingerprint density at radius 1 is 1.10 bits per heavy atom. The number of benzene rings is 2. The quantitative estimate of drug-likeness (QED) is 0.704. The van der Waals surface area contributed by atoms with Crippen molar-refractivity contribution in [3.63, 3.8) is 0 Å². The van der Waals surface area contributed by atoms with E-state index >= 15 is 0 Å². The summed E-state index contributed by atoms with van der Waals surface area (Å²) in [5.74, 6) is -0.316. The minimum Gasteiger partial charge on any atom is -0.323 e. The topological polar surface area (TPSA) is 67.2 Å². The van der Waals surface area contributed by atoms with E-state index in [1.54, 1.807) is 24.3 Å². The molecule has 0 aliphatic carbocycles. The number of carbonyl (C=O) groups is 1. The molecule has 2 heterocycles. The molecule has 4 rings (SSSR count). The Balaban J connectivity index is 1.45. The van der Waals surface area contributed by atoms with Crippen LogP contribution >= 0.6 is 11.6 Å². The van der Waals surface area contributed by atoms with Crippen LogP contribution in [0.15, 0.2) is 65.7 Å². The molecule has 1 aliphatic rings. The van der Waals surface area contributed by atoms with Gasteiger partial charge in [-0.1, -0.05) is 54.1 Å². The first kappa shape index (κ1) is 19.4. The third kappa shape index (κ3) is 4.55. The highest BCUT2D eigenvalue weighted by molar-refractivity contribution is 6.33. The van der Waals surface area contributed by atoms with Crippen molar-refractivity contribution in [2.45, 2.75) is 26.1 Å². The summed E-state index contributed by atoms with van der Waals surface area (Å²) in [6.45, 7) is 2.14. The molecule has 148 valence electrons. The van der Waals surface area contributed by atoms with Gasteiger partial charge in [0.25, 0.3) is 5.56 Å². The average Bonchev–Trinajstić information content (AvgIpc) is 2.73. The van der Waals surface area contributed by atoms with Crippen molar-refractivity contribution in [1.82, 2.24) is 14.5 Å². The first-order valence-electron chi connectivity index (χ1n) is 9.48. The van der Waals surface area contributed by atoms with Gasteiger partial charge in [-0.15, -0.1) is 0 Å². The first-order chi connectivity index (χ1) is 14.1. The van der Waals surface area contributed by atoms with Gasteiger partial charge >= 0.3 is 0 Å². The summed E-state index contributed by atoms with van der Waals surface area (Å²) in [6.07, 6.45) is 2.08. The van der Waals surface area contributed by atoms with Crippen molar-refractivity contribution in [3.05, 3.63) is 93.1 Å². The maximum Gasteiger partial charge on any atom is 0.257 e. The number of rotatable bonds is 5. The van der Waals surface area contributed by atoms with Crippen LogP contribution < -0.4 is 10.9 Å². The molecule has 0 bridgehead atoms. The average molecular weight is 409 g/mol. The minimum absolute atomic E-state index is 0.0991. The lowest BCUT2D eigenvalue weighted by Crippen LogP contribution is -2.38. The van der Waals surface area contributed by atoms with E-state index < -0.39 is 0 Å². The van der Waals surface area contributed by atoms with E-state index in [1.807, 2.05) is 18.2 Å². The number of fused-ring (bicyclic) bond motifs is 1. The predicted molar refractivity (Wildman–Crippen MR) is 113 cm³/mol. The van der Waals surface area contributed by atoms with Gasteiger partial charge in [0, 0.05) is 25.2 Å². The second kappa shape index (κ2) is 8.59. The molecule has 2 aromatic carbocycles. The summed E-state index contributed by atoms with van der Waals surface area (Å²) in [4.78, 5) is 31.9. The number of para-hydroxylation sites is 1. The first-order valence-corrected chi connectivity index (χ1v) is 9.86. The van der Waals surface area contributed by atoms with Crippen LogP contribution in [-0.2, 0) is 30.8 Å². The van der Waals surface area contributed by atoms with Gasteiger partial charge in [-0.3, -0.25) is 19.1 Å². The van der Waals surface area contributed by atoms with Crippen LogP contribution in [0.3, 0.4) is 0 Å². The fourth-order valence-electron chi connectivity index (χ4n) is 3.51. The number of nitrogens with zero attached hydrogens (tertiary/aromatic N) is 3. The summed E-state index contributed by atoms with van der Waals surface area (Å²) in [5, 5.41) is 3.19. The van der Waals surface area contributed by atoms with Crippen molar-refractivity contribution in [3.8, 4) is 0 Å². The smallest absolute Gasteiger partial charge is 0.257 e. The molecule has 6 nitrogen and oxygen atoms in total. The van der Waals surface area contributed by atoms with Crippen LogP contribution in [0.4, 0.5) is 5.69 Å². The molecule has 0 saturated heterocycles. The third-order valence-corrected chi connectivity index (χ3v) is 5.31. The van der Waals surface area contributed by atoms with Crippen LogP contribution in [0.25, 0.3) is 0 Å². The standard InChI is InChI=1S/C22H21ClN4O2/c23-18-8-4-5-9-19(18)25-21(28)14-27-15-24-20-13-26(11-10-17(20)22(27)29)12-16-6-2-1-3-7-16/h1-9,15H,10-14H2,(H,25,28). The maximum absolute atomic E-state index is 12.8. The van der Waals surface area contributed by atoms with Crippen LogP contribution in [0.1, 0.15) is 16.8 Å². The summed E-state index contributed by atoms with van der Waals surface area (Å²) >= 11 is 6.07. The number of carbonyl (C=O) groups excluding carboxylic acids is 1. The van der Waals surface area contributed by atoms with Crippen molar-refractivity contribution >= 4 is 23.2 Å². The van der Waals surface area contributed by atoms with E-state index in [2.05, 4.69) is 27.3 Å². The molecule has 1 N–H and O–H groups in total. The molecule has 1 aliphatic heterocycles. The number of hydrogen-bond acceptors (Lipinski definition) is 4. The molecule has 0 atom stereocenters. The summed E-state index contributed by atoms with van der Waals surface area (Å²) in [7, 11) is 0. The van der Waals surface area contributed by atoms with Crippen LogP contribution in [0.2, 0.25) is 5.02 Å². The molecule has 0 fully saturated rings. The largest absolute Gasteiger partial charge is 0.323 e. The Labute approximate surface area is 173 Å². The van der Waals surface area contributed by atoms with Crippen molar-refractivity contribution < 1.29 is 4.79 Å². The van der Waals surface area contributed by atoms with Gasteiger partial charge in [-0.05, 0) is 24.1 Å². The fraction of sp³-hybridized carbons (Fsp3) is 0.227. The number of anilines is 1. The molecule has 1 aromatic heterocycles. The van der Waals surface area contributed by atoms with Gasteiger partial charge in [-0.25, -0.2) is 4.98 Å². The molecule has 0 spiro atoms. The van der Waals surface area contributed by atoms with Crippen molar-refractivity contribution in [1.29, 1.82) is 0 Å². The zero-order valence-corrected chi connectivity index (χ0v) is 16.6. The van der Waals surface area contributed by atoms with Crippen LogP contribution in [0, 0.1) is 0 Å². The molecular weight excluding hydrogens is 388 g/mol. The number of amides is 1. The second-order valence-electron chi connectivity index (χ2n) is 7.08. The maximum atomic E-state index is 12.8. The van der Waals surface area contributed by atoms with Gasteiger partial charge in [0.2, 0.25) is 5.91 Å². The molecule has 7 heteroatoms. The molecule has 0 saturated carbocycles. The Morgan fingerprint density at radius 3 is 2.66 bits per heavy atom. The lowest BCUT2D eigenvalue weighted by molar-refractivity contribution is -0.116. The lowest BCUT2D eigenvalue weighted by Gasteiger charge is -2.27. The highest BCUT2D eigenvalue weighted by Gasteiger charge is 2.21. The third-order valence-electron chi connectivity index (χ3n) is 4.98. The Hall–Kier alpha value is -2.96.